The summed E-state index contributed by atoms with van der Waals surface area (Å²) < 4.78 is 10.8. The van der Waals surface area contributed by atoms with E-state index in [1.54, 1.807) is 18.5 Å². The molecule has 1 heterocycles. The minimum absolute atomic E-state index is 0.00870. The van der Waals surface area contributed by atoms with Crippen LogP contribution in [0.5, 0.6) is 5.75 Å². The molecule has 114 valence electrons. The summed E-state index contributed by atoms with van der Waals surface area (Å²) in [6.45, 7) is 0. The predicted molar refractivity (Wildman–Crippen MR) is 80.7 cm³/mol. The fourth-order valence-corrected chi connectivity index (χ4v) is 2.50. The molecule has 0 radical (unpaired) electrons. The summed E-state index contributed by atoms with van der Waals surface area (Å²) in [5, 5.41) is 9.38. The van der Waals surface area contributed by atoms with Gasteiger partial charge in [-0.25, -0.2) is 4.79 Å². The van der Waals surface area contributed by atoms with E-state index in [0.29, 0.717) is 29.7 Å². The molecule has 2 aromatic rings. The van der Waals surface area contributed by atoms with E-state index in [1.165, 1.54) is 7.11 Å². The van der Waals surface area contributed by atoms with Crippen molar-refractivity contribution >= 4 is 5.97 Å². The normalized spacial score (nSPS) is 20.1. The number of aliphatic hydroxyl groups excluding tert-OH is 1. The van der Waals surface area contributed by atoms with Crippen molar-refractivity contribution in [1.82, 2.24) is 4.98 Å². The van der Waals surface area contributed by atoms with Crippen molar-refractivity contribution in [1.29, 1.82) is 0 Å². The lowest BCUT2D eigenvalue weighted by Gasteiger charge is -2.32. The van der Waals surface area contributed by atoms with Crippen molar-refractivity contribution in [3.05, 3.63) is 48.3 Å². The second-order valence-electron chi connectivity index (χ2n) is 5.27. The maximum atomic E-state index is 11.9. The van der Waals surface area contributed by atoms with E-state index in [9.17, 15) is 9.90 Å². The van der Waals surface area contributed by atoms with E-state index in [1.807, 2.05) is 24.3 Å². The van der Waals surface area contributed by atoms with Crippen molar-refractivity contribution in [2.24, 2.45) is 0 Å². The fourth-order valence-electron chi connectivity index (χ4n) is 2.50. The molecular formula is C17H17NO4. The molecule has 1 aliphatic carbocycles. The van der Waals surface area contributed by atoms with Crippen molar-refractivity contribution in [2.75, 3.05) is 7.11 Å². The fraction of sp³-hybridized carbons (Fsp3) is 0.294. The van der Waals surface area contributed by atoms with Gasteiger partial charge in [-0.2, -0.15) is 0 Å². The summed E-state index contributed by atoms with van der Waals surface area (Å²) >= 11 is 0. The third-order valence-electron chi connectivity index (χ3n) is 3.77. The molecule has 0 atom stereocenters. The zero-order valence-corrected chi connectivity index (χ0v) is 12.2. The van der Waals surface area contributed by atoms with Crippen LogP contribution in [0.15, 0.2) is 42.7 Å². The highest BCUT2D eigenvalue weighted by Crippen LogP contribution is 2.35. The Morgan fingerprint density at radius 2 is 2.00 bits per heavy atom. The largest absolute Gasteiger partial charge is 0.490 e. The molecule has 1 saturated carbocycles. The maximum absolute atomic E-state index is 11.9. The molecular weight excluding hydrogens is 282 g/mol. The van der Waals surface area contributed by atoms with E-state index < -0.39 is 5.97 Å². The van der Waals surface area contributed by atoms with Crippen LogP contribution >= 0.6 is 0 Å². The summed E-state index contributed by atoms with van der Waals surface area (Å²) in [4.78, 5) is 16.0. The lowest BCUT2D eigenvalue weighted by atomic mass is 9.92. The average molecular weight is 299 g/mol. The molecule has 1 aromatic carbocycles. The number of carbonyl (C=O) groups excluding carboxylic acids is 1. The van der Waals surface area contributed by atoms with Gasteiger partial charge < -0.3 is 14.6 Å². The van der Waals surface area contributed by atoms with E-state index in [4.69, 9.17) is 9.47 Å². The van der Waals surface area contributed by atoms with Gasteiger partial charge in [0.2, 0.25) is 0 Å². The van der Waals surface area contributed by atoms with Gasteiger partial charge in [0.05, 0.1) is 18.8 Å². The first kappa shape index (κ1) is 14.5. The lowest BCUT2D eigenvalue weighted by molar-refractivity contribution is -0.0105. The van der Waals surface area contributed by atoms with Crippen molar-refractivity contribution in [2.45, 2.75) is 25.0 Å². The maximum Gasteiger partial charge on any atom is 0.338 e. The highest BCUT2D eigenvalue weighted by molar-refractivity contribution is 5.97. The zero-order chi connectivity index (χ0) is 15.5. The van der Waals surface area contributed by atoms with Gasteiger partial charge in [-0.1, -0.05) is 18.2 Å². The van der Waals surface area contributed by atoms with Crippen LogP contribution < -0.4 is 4.74 Å². The molecule has 1 N–H and O–H groups in total. The van der Waals surface area contributed by atoms with Crippen LogP contribution in [0.4, 0.5) is 0 Å². The standard InChI is InChI=1S/C17H17NO4/c1-21-17(20)14-6-7-18-10-15(14)13-4-2-3-5-16(13)22-12-8-11(19)9-12/h2-7,10-12,19H,8-9H2,1H3. The Morgan fingerprint density at radius 1 is 1.23 bits per heavy atom. The number of hydrogen-bond acceptors (Lipinski definition) is 5. The van der Waals surface area contributed by atoms with E-state index >= 15 is 0 Å². The van der Waals surface area contributed by atoms with Gasteiger partial charge in [-0.15, -0.1) is 0 Å². The van der Waals surface area contributed by atoms with Crippen LogP contribution in [0, 0.1) is 0 Å². The molecule has 1 fully saturated rings. The topological polar surface area (TPSA) is 68.7 Å². The predicted octanol–water partition coefficient (Wildman–Crippen LogP) is 2.44. The molecule has 0 aliphatic heterocycles. The number of ether oxygens (including phenoxy) is 2. The summed E-state index contributed by atoms with van der Waals surface area (Å²) in [6, 6.07) is 9.13. The summed E-state index contributed by atoms with van der Waals surface area (Å²) in [6.07, 6.45) is 4.18. The number of pyridine rings is 1. The monoisotopic (exact) mass is 299 g/mol. The number of aliphatic hydroxyl groups is 1. The number of nitrogens with zero attached hydrogens (tertiary/aromatic N) is 1. The quantitative estimate of drug-likeness (QED) is 0.878. The van der Waals surface area contributed by atoms with Crippen molar-refractivity contribution in [3.8, 4) is 16.9 Å². The van der Waals surface area contributed by atoms with Gasteiger partial charge in [0.15, 0.2) is 0 Å². The number of benzene rings is 1. The second kappa shape index (κ2) is 6.15. The molecule has 5 nitrogen and oxygen atoms in total. The number of carbonyl (C=O) groups is 1. The molecule has 0 saturated heterocycles. The molecule has 0 bridgehead atoms. The minimum Gasteiger partial charge on any atom is -0.490 e. The SMILES string of the molecule is COC(=O)c1ccncc1-c1ccccc1OC1CC(O)C1. The van der Waals surface area contributed by atoms with Gasteiger partial charge in [0.1, 0.15) is 11.9 Å². The van der Waals surface area contributed by atoms with Crippen LogP contribution in [0.25, 0.3) is 11.1 Å². The number of esters is 1. The molecule has 22 heavy (non-hydrogen) atoms. The summed E-state index contributed by atoms with van der Waals surface area (Å²) in [7, 11) is 1.35. The van der Waals surface area contributed by atoms with Gasteiger partial charge >= 0.3 is 5.97 Å². The third kappa shape index (κ3) is 2.80. The molecule has 0 spiro atoms. The third-order valence-corrected chi connectivity index (χ3v) is 3.77. The first-order chi connectivity index (χ1) is 10.7. The van der Waals surface area contributed by atoms with Gasteiger partial charge in [0.25, 0.3) is 0 Å². The second-order valence-corrected chi connectivity index (χ2v) is 5.27. The summed E-state index contributed by atoms with van der Waals surface area (Å²) in [5.41, 5.74) is 1.91. The number of methoxy groups -OCH3 is 1. The van der Waals surface area contributed by atoms with Crippen LogP contribution in [0.1, 0.15) is 23.2 Å². The Bertz CT molecular complexity index is 680. The molecule has 0 unspecified atom stereocenters. The smallest absolute Gasteiger partial charge is 0.338 e. The lowest BCUT2D eigenvalue weighted by Crippen LogP contribution is -2.37. The Hall–Kier alpha value is -2.40. The van der Waals surface area contributed by atoms with Gasteiger partial charge in [-0.3, -0.25) is 4.98 Å². The first-order valence-corrected chi connectivity index (χ1v) is 7.15. The van der Waals surface area contributed by atoms with Crippen LogP contribution in [-0.4, -0.2) is 35.4 Å². The Labute approximate surface area is 128 Å². The Kier molecular flexibility index (Phi) is 4.06. The van der Waals surface area contributed by atoms with Gasteiger partial charge in [0, 0.05) is 36.4 Å². The van der Waals surface area contributed by atoms with E-state index in [-0.39, 0.29) is 12.2 Å². The average Bonchev–Trinajstić information content (AvgIpc) is 2.53. The van der Waals surface area contributed by atoms with Crippen molar-refractivity contribution in [3.63, 3.8) is 0 Å². The van der Waals surface area contributed by atoms with Crippen molar-refractivity contribution < 1.29 is 19.4 Å². The van der Waals surface area contributed by atoms with E-state index in [2.05, 4.69) is 4.98 Å². The first-order valence-electron chi connectivity index (χ1n) is 7.15. The molecule has 1 aromatic heterocycles. The van der Waals surface area contributed by atoms with Crippen LogP contribution in [-0.2, 0) is 4.74 Å². The zero-order valence-electron chi connectivity index (χ0n) is 12.2. The Balaban J connectivity index is 1.97. The minimum atomic E-state index is -0.411. The van der Waals surface area contributed by atoms with Gasteiger partial charge in [-0.05, 0) is 12.1 Å². The highest BCUT2D eigenvalue weighted by atomic mass is 16.5. The molecule has 0 amide bonds. The number of aromatic nitrogens is 1. The number of rotatable bonds is 4. The van der Waals surface area contributed by atoms with Crippen LogP contribution in [0.3, 0.4) is 0 Å². The number of para-hydroxylation sites is 1. The van der Waals surface area contributed by atoms with E-state index in [0.717, 1.165) is 5.56 Å². The van der Waals surface area contributed by atoms with Crippen LogP contribution in [0.2, 0.25) is 0 Å². The summed E-state index contributed by atoms with van der Waals surface area (Å²) in [5.74, 6) is 0.267. The molecule has 1 aliphatic rings. The highest BCUT2D eigenvalue weighted by Gasteiger charge is 2.29. The Morgan fingerprint density at radius 3 is 2.73 bits per heavy atom. The number of hydrogen-bond donors (Lipinski definition) is 1. The molecule has 5 heteroatoms. The molecule has 3 rings (SSSR count).